The van der Waals surface area contributed by atoms with Crippen molar-refractivity contribution in [2.45, 2.75) is 6.92 Å². The Morgan fingerprint density at radius 3 is 2.80 bits per heavy atom. The molecule has 0 aliphatic rings. The third-order valence-electron chi connectivity index (χ3n) is 2.78. The summed E-state index contributed by atoms with van der Waals surface area (Å²) in [5.74, 6) is 0. The molecule has 0 saturated heterocycles. The van der Waals surface area contributed by atoms with Crippen molar-refractivity contribution in [3.63, 3.8) is 0 Å². The molecular weight excluding hydrogens is 254 g/mol. The molecule has 1 aromatic carbocycles. The van der Waals surface area contributed by atoms with Gasteiger partial charge in [-0.05, 0) is 36.8 Å². The molecule has 0 spiro atoms. The lowest BCUT2D eigenvalue weighted by Gasteiger charge is -2.04. The van der Waals surface area contributed by atoms with Crippen LogP contribution < -0.4 is 0 Å². The summed E-state index contributed by atoms with van der Waals surface area (Å²) >= 11 is 0. The predicted octanol–water partition coefficient (Wildman–Crippen LogP) is 3.50. The molecular formula is C15H11N3O2. The summed E-state index contributed by atoms with van der Waals surface area (Å²) < 4.78 is 0. The van der Waals surface area contributed by atoms with Crippen LogP contribution in [0.25, 0.3) is 17.3 Å². The zero-order valence-corrected chi connectivity index (χ0v) is 10.8. The van der Waals surface area contributed by atoms with Crippen molar-refractivity contribution >= 4 is 11.8 Å². The number of aryl methyl sites for hydroxylation is 1. The normalized spacial score (nSPS) is 10.4. The van der Waals surface area contributed by atoms with E-state index >= 15 is 0 Å². The van der Waals surface area contributed by atoms with Gasteiger partial charge in [0.1, 0.15) is 0 Å². The second-order valence-corrected chi connectivity index (χ2v) is 4.21. The van der Waals surface area contributed by atoms with Gasteiger partial charge in [0.2, 0.25) is 0 Å². The maximum Gasteiger partial charge on any atom is 0.277 e. The minimum atomic E-state index is -0.462. The molecule has 0 aliphatic carbocycles. The fourth-order valence-electron chi connectivity index (χ4n) is 1.82. The highest BCUT2D eigenvalue weighted by atomic mass is 16.6. The Bertz CT molecular complexity index is 730. The van der Waals surface area contributed by atoms with Gasteiger partial charge in [-0.25, -0.2) is 0 Å². The summed E-state index contributed by atoms with van der Waals surface area (Å²) in [6.45, 7) is 1.93. The maximum atomic E-state index is 11.1. The molecule has 0 saturated carbocycles. The first kappa shape index (κ1) is 13.4. The van der Waals surface area contributed by atoms with Crippen molar-refractivity contribution in [3.8, 4) is 17.3 Å². The van der Waals surface area contributed by atoms with E-state index in [0.717, 1.165) is 5.56 Å². The standard InChI is InChI=1S/C15H11N3O2/c1-11-6-8-17-14(9-11)13-5-4-12(3-2-7-16)15(10-13)18(19)20/h2-6,8-10H,1H3/b3-2+. The first-order valence-electron chi connectivity index (χ1n) is 5.89. The Morgan fingerprint density at radius 2 is 2.15 bits per heavy atom. The van der Waals surface area contributed by atoms with Crippen LogP contribution in [0.4, 0.5) is 5.69 Å². The van der Waals surface area contributed by atoms with E-state index in [1.807, 2.05) is 25.1 Å². The number of rotatable bonds is 3. The minimum Gasteiger partial charge on any atom is -0.258 e. The van der Waals surface area contributed by atoms with Gasteiger partial charge >= 0.3 is 0 Å². The number of nitro groups is 1. The summed E-state index contributed by atoms with van der Waals surface area (Å²) in [4.78, 5) is 14.9. The molecule has 5 nitrogen and oxygen atoms in total. The zero-order chi connectivity index (χ0) is 14.5. The Balaban J connectivity index is 2.53. The fourth-order valence-corrected chi connectivity index (χ4v) is 1.82. The number of nitrogens with zero attached hydrogens (tertiary/aromatic N) is 3. The van der Waals surface area contributed by atoms with E-state index in [9.17, 15) is 10.1 Å². The van der Waals surface area contributed by atoms with Crippen LogP contribution in [-0.2, 0) is 0 Å². The Morgan fingerprint density at radius 1 is 1.35 bits per heavy atom. The van der Waals surface area contributed by atoms with Gasteiger partial charge in [0.15, 0.2) is 0 Å². The van der Waals surface area contributed by atoms with Crippen LogP contribution in [0.1, 0.15) is 11.1 Å². The van der Waals surface area contributed by atoms with Gasteiger partial charge < -0.3 is 0 Å². The van der Waals surface area contributed by atoms with Crippen LogP contribution in [0.3, 0.4) is 0 Å². The van der Waals surface area contributed by atoms with Gasteiger partial charge in [0.05, 0.1) is 22.2 Å². The number of nitriles is 1. The van der Waals surface area contributed by atoms with Crippen LogP contribution in [0.5, 0.6) is 0 Å². The quantitative estimate of drug-likeness (QED) is 0.483. The Hall–Kier alpha value is -3.00. The second kappa shape index (κ2) is 5.76. The van der Waals surface area contributed by atoms with Gasteiger partial charge in [-0.3, -0.25) is 15.1 Å². The summed E-state index contributed by atoms with van der Waals surface area (Å²) in [7, 11) is 0. The maximum absolute atomic E-state index is 11.1. The van der Waals surface area contributed by atoms with Crippen molar-refractivity contribution in [3.05, 3.63) is 63.8 Å². The van der Waals surface area contributed by atoms with Gasteiger partial charge in [-0.1, -0.05) is 6.07 Å². The Labute approximate surface area is 116 Å². The lowest BCUT2D eigenvalue weighted by molar-refractivity contribution is -0.385. The van der Waals surface area contributed by atoms with Crippen LogP contribution in [0.2, 0.25) is 0 Å². The summed E-state index contributed by atoms with van der Waals surface area (Å²) in [6, 6.07) is 10.4. The molecule has 2 aromatic rings. The molecule has 0 N–H and O–H groups in total. The summed E-state index contributed by atoms with van der Waals surface area (Å²) in [5.41, 5.74) is 2.75. The zero-order valence-electron chi connectivity index (χ0n) is 10.8. The van der Waals surface area contributed by atoms with E-state index in [0.29, 0.717) is 16.8 Å². The van der Waals surface area contributed by atoms with Crippen LogP contribution >= 0.6 is 0 Å². The van der Waals surface area contributed by atoms with Gasteiger partial charge in [-0.15, -0.1) is 0 Å². The van der Waals surface area contributed by atoms with E-state index < -0.39 is 4.92 Å². The summed E-state index contributed by atoms with van der Waals surface area (Å²) in [6.07, 6.45) is 4.30. The van der Waals surface area contributed by atoms with Crippen LogP contribution in [0.15, 0.2) is 42.6 Å². The number of hydrogen-bond donors (Lipinski definition) is 0. The van der Waals surface area contributed by atoms with Crippen molar-refractivity contribution in [2.24, 2.45) is 0 Å². The smallest absolute Gasteiger partial charge is 0.258 e. The van der Waals surface area contributed by atoms with E-state index in [2.05, 4.69) is 4.98 Å². The molecule has 5 heteroatoms. The van der Waals surface area contributed by atoms with Crippen LogP contribution in [0, 0.1) is 28.4 Å². The predicted molar refractivity (Wildman–Crippen MR) is 75.7 cm³/mol. The van der Waals surface area contributed by atoms with Gasteiger partial charge in [0.25, 0.3) is 5.69 Å². The molecule has 0 unspecified atom stereocenters. The molecule has 0 aliphatic heterocycles. The monoisotopic (exact) mass is 265 g/mol. The van der Waals surface area contributed by atoms with Crippen molar-refractivity contribution in [2.75, 3.05) is 0 Å². The van der Waals surface area contributed by atoms with E-state index in [1.165, 1.54) is 18.2 Å². The molecule has 0 amide bonds. The molecule has 1 aromatic heterocycles. The topological polar surface area (TPSA) is 79.8 Å². The number of hydrogen-bond acceptors (Lipinski definition) is 4. The second-order valence-electron chi connectivity index (χ2n) is 4.21. The number of allylic oxidation sites excluding steroid dienone is 1. The molecule has 20 heavy (non-hydrogen) atoms. The average Bonchev–Trinajstić information content (AvgIpc) is 2.44. The number of benzene rings is 1. The number of nitro benzene ring substituents is 1. The molecule has 2 rings (SSSR count). The average molecular weight is 265 g/mol. The minimum absolute atomic E-state index is 0.0442. The molecule has 0 bridgehead atoms. The lowest BCUT2D eigenvalue weighted by atomic mass is 10.0. The summed E-state index contributed by atoms with van der Waals surface area (Å²) in [5, 5.41) is 19.6. The highest BCUT2D eigenvalue weighted by molar-refractivity contribution is 5.70. The molecule has 98 valence electrons. The van der Waals surface area contributed by atoms with Crippen molar-refractivity contribution in [1.82, 2.24) is 4.98 Å². The SMILES string of the molecule is Cc1ccnc(-c2ccc(/C=C/C#N)c([N+](=O)[O-])c2)c1. The largest absolute Gasteiger partial charge is 0.277 e. The first-order chi connectivity index (χ1) is 9.61. The van der Waals surface area contributed by atoms with E-state index in [4.69, 9.17) is 5.26 Å². The van der Waals surface area contributed by atoms with Gasteiger partial charge in [-0.2, -0.15) is 5.26 Å². The van der Waals surface area contributed by atoms with Crippen molar-refractivity contribution in [1.29, 1.82) is 5.26 Å². The number of pyridine rings is 1. The first-order valence-corrected chi connectivity index (χ1v) is 5.89. The third-order valence-corrected chi connectivity index (χ3v) is 2.78. The number of aromatic nitrogens is 1. The lowest BCUT2D eigenvalue weighted by Crippen LogP contribution is -1.93. The highest BCUT2D eigenvalue weighted by Crippen LogP contribution is 2.27. The Kier molecular flexibility index (Phi) is 3.87. The molecule has 0 radical (unpaired) electrons. The fraction of sp³-hybridized carbons (Fsp3) is 0.0667. The van der Waals surface area contributed by atoms with Crippen molar-refractivity contribution < 1.29 is 4.92 Å². The molecule has 1 heterocycles. The van der Waals surface area contributed by atoms with Crippen LogP contribution in [-0.4, -0.2) is 9.91 Å². The highest BCUT2D eigenvalue weighted by Gasteiger charge is 2.13. The molecule has 0 fully saturated rings. The van der Waals surface area contributed by atoms with Gasteiger partial charge in [0, 0.05) is 23.9 Å². The van der Waals surface area contributed by atoms with E-state index in [1.54, 1.807) is 18.3 Å². The van der Waals surface area contributed by atoms with E-state index in [-0.39, 0.29) is 5.69 Å². The molecule has 0 atom stereocenters. The third kappa shape index (κ3) is 2.87.